The van der Waals surface area contributed by atoms with Gasteiger partial charge < -0.3 is 14.2 Å². The maximum atomic E-state index is 12.3. The highest BCUT2D eigenvalue weighted by Crippen LogP contribution is 2.20. The van der Waals surface area contributed by atoms with E-state index in [1.54, 1.807) is 42.0 Å². The van der Waals surface area contributed by atoms with E-state index in [-0.39, 0.29) is 12.0 Å². The number of hydrazone groups is 1. The van der Waals surface area contributed by atoms with Crippen molar-refractivity contribution in [3.8, 4) is 0 Å². The van der Waals surface area contributed by atoms with Gasteiger partial charge in [0.1, 0.15) is 6.33 Å². The number of aromatic nitrogens is 3. The summed E-state index contributed by atoms with van der Waals surface area (Å²) in [6, 6.07) is 7.41. The molecule has 2 aromatic rings. The van der Waals surface area contributed by atoms with Crippen molar-refractivity contribution < 1.29 is 14.3 Å². The fraction of sp³-hybridized carbons (Fsp3) is 0.421. The minimum Gasteiger partial charge on any atom is -0.450 e. The van der Waals surface area contributed by atoms with Crippen LogP contribution in [0.4, 0.5) is 4.79 Å². The molecule has 1 aliphatic heterocycles. The second-order valence-electron chi connectivity index (χ2n) is 6.51. The van der Waals surface area contributed by atoms with Gasteiger partial charge in [-0.15, -0.1) is 10.2 Å². The summed E-state index contributed by atoms with van der Waals surface area (Å²) in [4.78, 5) is 25.7. The summed E-state index contributed by atoms with van der Waals surface area (Å²) in [6.45, 7) is 3.24. The van der Waals surface area contributed by atoms with Crippen LogP contribution in [0.25, 0.3) is 0 Å². The van der Waals surface area contributed by atoms with Crippen molar-refractivity contribution >= 4 is 29.5 Å². The van der Waals surface area contributed by atoms with Gasteiger partial charge in [-0.3, -0.25) is 4.79 Å². The van der Waals surface area contributed by atoms with Gasteiger partial charge in [-0.05, 0) is 24.6 Å². The van der Waals surface area contributed by atoms with Crippen LogP contribution in [0.1, 0.15) is 35.7 Å². The molecule has 29 heavy (non-hydrogen) atoms. The van der Waals surface area contributed by atoms with E-state index in [0.717, 1.165) is 22.2 Å². The predicted octanol–water partition coefficient (Wildman–Crippen LogP) is 2.45. The topological polar surface area (TPSA) is 102 Å². The summed E-state index contributed by atoms with van der Waals surface area (Å²) >= 11 is 1.59. The van der Waals surface area contributed by atoms with Crippen LogP contribution in [0.15, 0.2) is 40.9 Å². The quantitative estimate of drug-likeness (QED) is 0.573. The third kappa shape index (κ3) is 5.80. The average molecular weight is 417 g/mol. The number of piperidine rings is 1. The Hall–Kier alpha value is -2.88. The zero-order chi connectivity index (χ0) is 20.6. The minimum absolute atomic E-state index is 0.252. The van der Waals surface area contributed by atoms with Crippen molar-refractivity contribution in [2.24, 2.45) is 12.1 Å². The van der Waals surface area contributed by atoms with Crippen molar-refractivity contribution in [1.82, 2.24) is 25.1 Å². The maximum Gasteiger partial charge on any atom is 0.409 e. The monoisotopic (exact) mass is 416 g/mol. The lowest BCUT2D eigenvalue weighted by Crippen LogP contribution is -2.39. The SMILES string of the molecule is CCOC(=O)N1CCC(=NNC(=O)c2ccc(CSc3nncn3C)cc2)CC1. The molecule has 2 amide bonds. The Kier molecular flexibility index (Phi) is 7.23. The summed E-state index contributed by atoms with van der Waals surface area (Å²) in [6.07, 6.45) is 2.61. The van der Waals surface area contributed by atoms with E-state index in [0.29, 0.717) is 38.1 Å². The predicted molar refractivity (Wildman–Crippen MR) is 110 cm³/mol. The molecule has 0 atom stereocenters. The molecule has 1 aromatic carbocycles. The van der Waals surface area contributed by atoms with Crippen LogP contribution in [0.2, 0.25) is 0 Å². The zero-order valence-electron chi connectivity index (χ0n) is 16.5. The Morgan fingerprint density at radius 2 is 1.97 bits per heavy atom. The van der Waals surface area contributed by atoms with Gasteiger partial charge in [-0.25, -0.2) is 10.2 Å². The number of ether oxygens (including phenoxy) is 1. The van der Waals surface area contributed by atoms with E-state index in [9.17, 15) is 9.59 Å². The molecule has 1 fully saturated rings. The van der Waals surface area contributed by atoms with Crippen LogP contribution in [0.3, 0.4) is 0 Å². The molecule has 0 aliphatic carbocycles. The molecule has 3 rings (SSSR count). The third-order valence-electron chi connectivity index (χ3n) is 4.44. The van der Waals surface area contributed by atoms with Crippen LogP contribution in [0.5, 0.6) is 0 Å². The number of likely N-dealkylation sites (tertiary alicyclic amines) is 1. The molecule has 10 heteroatoms. The minimum atomic E-state index is -0.298. The summed E-state index contributed by atoms with van der Waals surface area (Å²) in [5, 5.41) is 13.0. The number of hydrogen-bond acceptors (Lipinski definition) is 7. The Balaban J connectivity index is 1.46. The maximum absolute atomic E-state index is 12.3. The summed E-state index contributed by atoms with van der Waals surface area (Å²) < 4.78 is 6.86. The van der Waals surface area contributed by atoms with Crippen molar-refractivity contribution in [3.63, 3.8) is 0 Å². The number of rotatable bonds is 6. The van der Waals surface area contributed by atoms with E-state index in [4.69, 9.17) is 4.74 Å². The number of hydrogen-bond donors (Lipinski definition) is 1. The molecule has 2 heterocycles. The number of nitrogens with one attached hydrogen (secondary N) is 1. The van der Waals surface area contributed by atoms with Gasteiger partial charge >= 0.3 is 6.09 Å². The molecule has 1 N–H and O–H groups in total. The van der Waals surface area contributed by atoms with Gasteiger partial charge in [0.05, 0.1) is 6.61 Å². The zero-order valence-corrected chi connectivity index (χ0v) is 17.3. The Morgan fingerprint density at radius 1 is 1.24 bits per heavy atom. The second kappa shape index (κ2) is 10.1. The van der Waals surface area contributed by atoms with E-state index >= 15 is 0 Å². The van der Waals surface area contributed by atoms with Crippen LogP contribution < -0.4 is 5.43 Å². The lowest BCUT2D eigenvalue weighted by molar-refractivity contribution is 0.0951. The first-order chi connectivity index (χ1) is 14.1. The largest absolute Gasteiger partial charge is 0.450 e. The summed E-state index contributed by atoms with van der Waals surface area (Å²) in [5.74, 6) is 0.492. The number of amides is 2. The van der Waals surface area contributed by atoms with Crippen LogP contribution in [-0.4, -0.2) is 57.1 Å². The Bertz CT molecular complexity index is 870. The van der Waals surface area contributed by atoms with Gasteiger partial charge in [0.25, 0.3) is 5.91 Å². The van der Waals surface area contributed by atoms with E-state index in [1.807, 2.05) is 23.7 Å². The van der Waals surface area contributed by atoms with Crippen molar-refractivity contribution in [2.75, 3.05) is 19.7 Å². The first-order valence-corrected chi connectivity index (χ1v) is 10.4. The fourth-order valence-corrected chi connectivity index (χ4v) is 3.62. The fourth-order valence-electron chi connectivity index (χ4n) is 2.77. The number of benzene rings is 1. The van der Waals surface area contributed by atoms with Gasteiger partial charge in [-0.1, -0.05) is 23.9 Å². The molecule has 0 bridgehead atoms. The van der Waals surface area contributed by atoms with Crippen LogP contribution in [-0.2, 0) is 17.5 Å². The molecule has 0 radical (unpaired) electrons. The van der Waals surface area contributed by atoms with Crippen LogP contribution >= 0.6 is 11.8 Å². The number of nitrogens with zero attached hydrogens (tertiary/aromatic N) is 5. The first kappa shape index (κ1) is 20.8. The van der Waals surface area contributed by atoms with Crippen molar-refractivity contribution in [2.45, 2.75) is 30.7 Å². The Labute approximate surface area is 173 Å². The van der Waals surface area contributed by atoms with Crippen molar-refractivity contribution in [3.05, 3.63) is 41.7 Å². The molecule has 1 saturated heterocycles. The Morgan fingerprint density at radius 3 is 2.59 bits per heavy atom. The molecular weight excluding hydrogens is 392 g/mol. The molecule has 154 valence electrons. The lowest BCUT2D eigenvalue weighted by Gasteiger charge is -2.26. The van der Waals surface area contributed by atoms with Gasteiger partial charge in [0, 0.05) is 50.0 Å². The average Bonchev–Trinajstić information content (AvgIpc) is 3.16. The number of aryl methyl sites for hydroxylation is 1. The van der Waals surface area contributed by atoms with E-state index in [1.165, 1.54) is 0 Å². The smallest absolute Gasteiger partial charge is 0.409 e. The summed E-state index contributed by atoms with van der Waals surface area (Å²) in [7, 11) is 1.90. The lowest BCUT2D eigenvalue weighted by atomic mass is 10.1. The summed E-state index contributed by atoms with van der Waals surface area (Å²) in [5.41, 5.74) is 5.11. The van der Waals surface area contributed by atoms with Gasteiger partial charge in [0.2, 0.25) is 0 Å². The van der Waals surface area contributed by atoms with Gasteiger partial charge in [-0.2, -0.15) is 5.10 Å². The molecule has 9 nitrogen and oxygen atoms in total. The normalized spacial score (nSPS) is 13.9. The standard InChI is InChI=1S/C19H24N6O3S/c1-3-28-19(27)25-10-8-16(9-11-25)21-22-17(26)15-6-4-14(5-7-15)12-29-18-23-20-13-24(18)2/h4-7,13H,3,8-12H2,1-2H3,(H,22,26). The molecule has 0 spiro atoms. The second-order valence-corrected chi connectivity index (χ2v) is 7.46. The van der Waals surface area contributed by atoms with E-state index < -0.39 is 0 Å². The highest BCUT2D eigenvalue weighted by molar-refractivity contribution is 7.98. The molecular formula is C19H24N6O3S. The molecule has 1 aromatic heterocycles. The van der Waals surface area contributed by atoms with Crippen LogP contribution in [0, 0.1) is 0 Å². The van der Waals surface area contributed by atoms with E-state index in [2.05, 4.69) is 20.7 Å². The number of carbonyl (C=O) groups excluding carboxylic acids is 2. The molecule has 0 saturated carbocycles. The highest BCUT2D eigenvalue weighted by Gasteiger charge is 2.20. The third-order valence-corrected chi connectivity index (χ3v) is 5.54. The first-order valence-electron chi connectivity index (χ1n) is 9.40. The highest BCUT2D eigenvalue weighted by atomic mass is 32.2. The molecule has 1 aliphatic rings. The number of thioether (sulfide) groups is 1. The molecule has 0 unspecified atom stereocenters. The van der Waals surface area contributed by atoms with Gasteiger partial charge in [0.15, 0.2) is 5.16 Å². The number of carbonyl (C=O) groups is 2. The van der Waals surface area contributed by atoms with Crippen molar-refractivity contribution in [1.29, 1.82) is 0 Å².